The Kier molecular flexibility index (Phi) is 2.44. The molecule has 3 N–H and O–H groups in total. The molecule has 0 fully saturated rings. The number of alkyl halides is 1. The van der Waals surface area contributed by atoms with E-state index in [0.717, 1.165) is 0 Å². The summed E-state index contributed by atoms with van der Waals surface area (Å²) in [5, 5.41) is 8.74. The molecule has 2 nitrogen and oxygen atoms in total. The topological polar surface area (TPSA) is 46.2 Å². The first-order chi connectivity index (χ1) is 5.27. The lowest BCUT2D eigenvalue weighted by molar-refractivity contribution is 0.282. The molecule has 0 atom stereocenters. The van der Waals surface area contributed by atoms with Crippen molar-refractivity contribution in [3.63, 3.8) is 0 Å². The van der Waals surface area contributed by atoms with Gasteiger partial charge < -0.3 is 10.8 Å². The highest BCUT2D eigenvalue weighted by atomic mass is 19.1. The standard InChI is InChI=1S/C8H10FNO/c9-4-6-1-2-8(10)7(3-6)5-11/h1-3,11H,4-5,10H2. The Morgan fingerprint density at radius 3 is 2.73 bits per heavy atom. The molecule has 0 aliphatic carbocycles. The van der Waals surface area contributed by atoms with Crippen LogP contribution < -0.4 is 5.73 Å². The molecule has 1 aromatic rings. The van der Waals surface area contributed by atoms with E-state index in [1.54, 1.807) is 18.2 Å². The lowest BCUT2D eigenvalue weighted by atomic mass is 10.1. The summed E-state index contributed by atoms with van der Waals surface area (Å²) in [6.07, 6.45) is 0. The van der Waals surface area contributed by atoms with Crippen molar-refractivity contribution in [2.75, 3.05) is 5.73 Å². The van der Waals surface area contributed by atoms with Gasteiger partial charge in [-0.15, -0.1) is 0 Å². The van der Waals surface area contributed by atoms with Gasteiger partial charge in [0.15, 0.2) is 0 Å². The summed E-state index contributed by atoms with van der Waals surface area (Å²) in [6, 6.07) is 4.77. The van der Waals surface area contributed by atoms with Crippen LogP contribution in [0.5, 0.6) is 0 Å². The van der Waals surface area contributed by atoms with E-state index in [1.165, 1.54) is 0 Å². The van der Waals surface area contributed by atoms with Crippen LogP contribution >= 0.6 is 0 Å². The van der Waals surface area contributed by atoms with Crippen molar-refractivity contribution in [2.24, 2.45) is 0 Å². The molecule has 0 saturated carbocycles. The van der Waals surface area contributed by atoms with Gasteiger partial charge in [-0.2, -0.15) is 0 Å². The largest absolute Gasteiger partial charge is 0.398 e. The molecule has 1 aromatic carbocycles. The van der Waals surface area contributed by atoms with E-state index >= 15 is 0 Å². The van der Waals surface area contributed by atoms with Gasteiger partial charge in [0.25, 0.3) is 0 Å². The van der Waals surface area contributed by atoms with Crippen LogP contribution in [0.2, 0.25) is 0 Å². The van der Waals surface area contributed by atoms with Gasteiger partial charge in [-0.3, -0.25) is 0 Å². The number of hydrogen-bond donors (Lipinski definition) is 2. The molecule has 0 aliphatic heterocycles. The highest BCUT2D eigenvalue weighted by Crippen LogP contribution is 2.14. The van der Waals surface area contributed by atoms with Gasteiger partial charge in [-0.1, -0.05) is 6.07 Å². The zero-order valence-electron chi connectivity index (χ0n) is 6.05. The van der Waals surface area contributed by atoms with E-state index < -0.39 is 6.67 Å². The monoisotopic (exact) mass is 155 g/mol. The van der Waals surface area contributed by atoms with E-state index in [1.807, 2.05) is 0 Å². The smallest absolute Gasteiger partial charge is 0.115 e. The molecule has 1 rings (SSSR count). The van der Waals surface area contributed by atoms with Crippen molar-refractivity contribution in [3.8, 4) is 0 Å². The molecule has 0 heterocycles. The molecule has 0 bridgehead atoms. The number of aliphatic hydroxyl groups is 1. The fraction of sp³-hybridized carbons (Fsp3) is 0.250. The summed E-state index contributed by atoms with van der Waals surface area (Å²) < 4.78 is 12.1. The van der Waals surface area contributed by atoms with Crippen LogP contribution in [0, 0.1) is 0 Å². The highest BCUT2D eigenvalue weighted by molar-refractivity contribution is 5.48. The van der Waals surface area contributed by atoms with Crippen molar-refractivity contribution in [2.45, 2.75) is 13.3 Å². The average Bonchev–Trinajstić information content (AvgIpc) is 2.05. The second kappa shape index (κ2) is 3.34. The number of rotatable bonds is 2. The predicted octanol–water partition coefficient (Wildman–Crippen LogP) is 1.23. The van der Waals surface area contributed by atoms with Gasteiger partial charge in [0.1, 0.15) is 6.67 Å². The van der Waals surface area contributed by atoms with Crippen LogP contribution in [0.4, 0.5) is 10.1 Å². The summed E-state index contributed by atoms with van der Waals surface area (Å²) in [4.78, 5) is 0. The Hall–Kier alpha value is -1.09. The number of anilines is 1. The summed E-state index contributed by atoms with van der Waals surface area (Å²) in [6.45, 7) is -0.660. The molecule has 60 valence electrons. The van der Waals surface area contributed by atoms with Crippen LogP contribution in [-0.2, 0) is 13.3 Å². The van der Waals surface area contributed by atoms with Gasteiger partial charge in [0, 0.05) is 11.3 Å². The normalized spacial score (nSPS) is 10.0. The van der Waals surface area contributed by atoms with Crippen molar-refractivity contribution in [1.29, 1.82) is 0 Å². The van der Waals surface area contributed by atoms with Gasteiger partial charge in [0.05, 0.1) is 6.61 Å². The maximum atomic E-state index is 12.1. The first kappa shape index (κ1) is 8.01. The molecule has 11 heavy (non-hydrogen) atoms. The first-order valence-corrected chi connectivity index (χ1v) is 3.32. The van der Waals surface area contributed by atoms with Crippen LogP contribution in [-0.4, -0.2) is 5.11 Å². The minimum atomic E-state index is -0.521. The van der Waals surface area contributed by atoms with Crippen molar-refractivity contribution >= 4 is 5.69 Å². The Labute approximate surface area is 64.5 Å². The van der Waals surface area contributed by atoms with Crippen LogP contribution in [0.1, 0.15) is 11.1 Å². The van der Waals surface area contributed by atoms with Crippen molar-refractivity contribution in [3.05, 3.63) is 29.3 Å². The number of nitrogen functional groups attached to an aromatic ring is 1. The van der Waals surface area contributed by atoms with Crippen molar-refractivity contribution < 1.29 is 9.50 Å². The maximum Gasteiger partial charge on any atom is 0.115 e. The molecule has 0 unspecified atom stereocenters. The first-order valence-electron chi connectivity index (χ1n) is 3.32. The minimum absolute atomic E-state index is 0.139. The fourth-order valence-corrected chi connectivity index (χ4v) is 0.879. The average molecular weight is 155 g/mol. The summed E-state index contributed by atoms with van der Waals surface area (Å²) in [5.41, 5.74) is 7.10. The number of nitrogens with two attached hydrogens (primary N) is 1. The van der Waals surface area contributed by atoms with Crippen LogP contribution in [0.3, 0.4) is 0 Å². The molecule has 0 saturated heterocycles. The lowest BCUT2D eigenvalue weighted by Crippen LogP contribution is -1.94. The number of halogens is 1. The second-order valence-corrected chi connectivity index (χ2v) is 2.32. The SMILES string of the molecule is Nc1ccc(CF)cc1CO. The number of hydrogen-bond acceptors (Lipinski definition) is 2. The molecule has 0 aliphatic rings. The number of benzene rings is 1. The summed E-state index contributed by atoms with van der Waals surface area (Å²) in [7, 11) is 0. The molecule has 3 heteroatoms. The van der Waals surface area contributed by atoms with Gasteiger partial charge in [0.2, 0.25) is 0 Å². The Balaban J connectivity index is 3.02. The Morgan fingerprint density at radius 1 is 1.45 bits per heavy atom. The Bertz CT molecular complexity index is 250. The maximum absolute atomic E-state index is 12.1. The molecule has 0 aromatic heterocycles. The molecule has 0 amide bonds. The second-order valence-electron chi connectivity index (χ2n) is 2.32. The van der Waals surface area contributed by atoms with Crippen LogP contribution in [0.25, 0.3) is 0 Å². The van der Waals surface area contributed by atoms with Gasteiger partial charge in [-0.05, 0) is 17.7 Å². The van der Waals surface area contributed by atoms with Gasteiger partial charge >= 0.3 is 0 Å². The zero-order valence-corrected chi connectivity index (χ0v) is 6.05. The van der Waals surface area contributed by atoms with Crippen molar-refractivity contribution in [1.82, 2.24) is 0 Å². The minimum Gasteiger partial charge on any atom is -0.398 e. The molecular formula is C8H10FNO. The lowest BCUT2D eigenvalue weighted by Gasteiger charge is -2.02. The predicted molar refractivity (Wildman–Crippen MR) is 41.6 cm³/mol. The Morgan fingerprint density at radius 2 is 2.18 bits per heavy atom. The van der Waals surface area contributed by atoms with E-state index in [0.29, 0.717) is 16.8 Å². The molecule has 0 radical (unpaired) electrons. The van der Waals surface area contributed by atoms with E-state index in [2.05, 4.69) is 0 Å². The van der Waals surface area contributed by atoms with E-state index in [9.17, 15) is 4.39 Å². The van der Waals surface area contributed by atoms with E-state index in [4.69, 9.17) is 10.8 Å². The van der Waals surface area contributed by atoms with E-state index in [-0.39, 0.29) is 6.61 Å². The van der Waals surface area contributed by atoms with Gasteiger partial charge in [-0.25, -0.2) is 4.39 Å². The third kappa shape index (κ3) is 1.68. The van der Waals surface area contributed by atoms with Crippen LogP contribution in [0.15, 0.2) is 18.2 Å². The quantitative estimate of drug-likeness (QED) is 0.631. The fourth-order valence-electron chi connectivity index (χ4n) is 0.879. The summed E-state index contributed by atoms with van der Waals surface area (Å²) in [5.74, 6) is 0. The summed E-state index contributed by atoms with van der Waals surface area (Å²) >= 11 is 0. The third-order valence-electron chi connectivity index (χ3n) is 1.53. The molecule has 0 spiro atoms. The third-order valence-corrected chi connectivity index (χ3v) is 1.53. The highest BCUT2D eigenvalue weighted by Gasteiger charge is 1.98. The number of aliphatic hydroxyl groups excluding tert-OH is 1. The zero-order chi connectivity index (χ0) is 8.27. The molecular weight excluding hydrogens is 145 g/mol.